The van der Waals surface area contributed by atoms with Crippen LogP contribution in [0.25, 0.3) is 10.9 Å². The number of phosphoric ester groups is 1. The van der Waals surface area contributed by atoms with Crippen LogP contribution in [0, 0.1) is 16.0 Å². The SMILES string of the molecule is CC(C)C(=O)OCOP(=O)(O)OCOc1ccc([N+](=O)[O-])c2cccnc12. The van der Waals surface area contributed by atoms with Gasteiger partial charge in [-0.3, -0.25) is 19.9 Å². The van der Waals surface area contributed by atoms with E-state index < -0.39 is 38.2 Å². The third-order valence-corrected chi connectivity index (χ3v) is 4.09. The average Bonchev–Trinajstić information content (AvgIpc) is 2.61. The van der Waals surface area contributed by atoms with Gasteiger partial charge in [0.2, 0.25) is 6.79 Å². The Morgan fingerprint density at radius 3 is 2.67 bits per heavy atom. The van der Waals surface area contributed by atoms with Gasteiger partial charge in [0.15, 0.2) is 6.79 Å². The van der Waals surface area contributed by atoms with Crippen molar-refractivity contribution in [3.8, 4) is 5.75 Å². The molecule has 1 N–H and O–H groups in total. The lowest BCUT2D eigenvalue weighted by molar-refractivity contribution is -0.383. The number of hydrogen-bond acceptors (Lipinski definition) is 9. The Morgan fingerprint density at radius 1 is 1.30 bits per heavy atom. The molecule has 12 heteroatoms. The van der Waals surface area contributed by atoms with E-state index in [0.717, 1.165) is 0 Å². The Hall–Kier alpha value is -2.59. The number of fused-ring (bicyclic) bond motifs is 1. The number of pyridine rings is 1. The molecule has 0 fully saturated rings. The molecule has 0 spiro atoms. The summed E-state index contributed by atoms with van der Waals surface area (Å²) < 4.78 is 30.6. The number of hydrogen-bond donors (Lipinski definition) is 1. The van der Waals surface area contributed by atoms with E-state index in [2.05, 4.69) is 18.8 Å². The van der Waals surface area contributed by atoms with Gasteiger partial charge in [-0.25, -0.2) is 13.6 Å². The predicted molar refractivity (Wildman–Crippen MR) is 91.7 cm³/mol. The van der Waals surface area contributed by atoms with E-state index in [9.17, 15) is 24.4 Å². The summed E-state index contributed by atoms with van der Waals surface area (Å²) >= 11 is 0. The van der Waals surface area contributed by atoms with Crippen molar-refractivity contribution in [2.45, 2.75) is 13.8 Å². The summed E-state index contributed by atoms with van der Waals surface area (Å²) in [7, 11) is -4.53. The Bertz CT molecular complexity index is 887. The van der Waals surface area contributed by atoms with Gasteiger partial charge in [0.25, 0.3) is 5.69 Å². The highest BCUT2D eigenvalue weighted by molar-refractivity contribution is 7.47. The molecule has 0 bridgehead atoms. The molecular weight excluding hydrogens is 383 g/mol. The van der Waals surface area contributed by atoms with Crippen molar-refractivity contribution in [1.82, 2.24) is 4.98 Å². The van der Waals surface area contributed by atoms with Crippen LogP contribution in [0.4, 0.5) is 5.69 Å². The summed E-state index contributed by atoms with van der Waals surface area (Å²) in [6.07, 6.45) is 1.42. The number of aromatic nitrogens is 1. The smallest absolute Gasteiger partial charge is 0.465 e. The van der Waals surface area contributed by atoms with E-state index in [-0.39, 0.29) is 22.3 Å². The maximum atomic E-state index is 11.7. The number of esters is 1. The Balaban J connectivity index is 1.97. The summed E-state index contributed by atoms with van der Waals surface area (Å²) in [4.78, 5) is 35.3. The Kier molecular flexibility index (Phi) is 6.81. The summed E-state index contributed by atoms with van der Waals surface area (Å²) in [5.41, 5.74) is 0.0318. The third kappa shape index (κ3) is 5.69. The molecule has 1 aromatic carbocycles. The fourth-order valence-corrected chi connectivity index (χ4v) is 2.37. The minimum absolute atomic E-state index is 0.113. The molecular formula is C15H17N2O9P. The summed E-state index contributed by atoms with van der Waals surface area (Å²) in [6.45, 7) is 1.73. The standard InChI is InChI=1S/C15H17N2O9P/c1-10(2)15(18)24-9-26-27(21,22)25-8-23-13-6-5-12(17(19)20)11-4-3-7-16-14(11)13/h3-7,10H,8-9H2,1-2H3,(H,21,22). The first-order valence-corrected chi connectivity index (χ1v) is 9.14. The van der Waals surface area contributed by atoms with E-state index >= 15 is 0 Å². The maximum absolute atomic E-state index is 11.7. The Morgan fingerprint density at radius 2 is 2.00 bits per heavy atom. The molecule has 0 aliphatic heterocycles. The molecule has 1 atom stereocenters. The molecule has 1 aromatic heterocycles. The second kappa shape index (κ2) is 8.87. The minimum atomic E-state index is -4.53. The number of non-ortho nitro benzene ring substituents is 1. The lowest BCUT2D eigenvalue weighted by Gasteiger charge is -2.14. The van der Waals surface area contributed by atoms with Gasteiger partial charge < -0.3 is 14.4 Å². The van der Waals surface area contributed by atoms with Gasteiger partial charge in [0.1, 0.15) is 11.3 Å². The highest BCUT2D eigenvalue weighted by atomic mass is 31.2. The number of phosphoric acid groups is 1. The van der Waals surface area contributed by atoms with Gasteiger partial charge in [-0.1, -0.05) is 13.8 Å². The molecule has 1 unspecified atom stereocenters. The normalized spacial score (nSPS) is 13.3. The lowest BCUT2D eigenvalue weighted by Crippen LogP contribution is -2.14. The predicted octanol–water partition coefficient (Wildman–Crippen LogP) is 2.77. The molecule has 11 nitrogen and oxygen atoms in total. The van der Waals surface area contributed by atoms with Crippen molar-refractivity contribution in [3.63, 3.8) is 0 Å². The first-order valence-electron chi connectivity index (χ1n) is 7.64. The average molecular weight is 400 g/mol. The van der Waals surface area contributed by atoms with Crippen molar-refractivity contribution < 1.29 is 37.7 Å². The molecule has 0 amide bonds. The molecule has 0 radical (unpaired) electrons. The zero-order chi connectivity index (χ0) is 20.0. The summed E-state index contributed by atoms with van der Waals surface area (Å²) in [5, 5.41) is 11.3. The monoisotopic (exact) mass is 400 g/mol. The number of benzene rings is 1. The number of carbonyl (C=O) groups excluding carboxylic acids is 1. The fourth-order valence-electron chi connectivity index (χ4n) is 1.92. The van der Waals surface area contributed by atoms with Gasteiger partial charge in [0, 0.05) is 12.3 Å². The second-order valence-electron chi connectivity index (χ2n) is 5.46. The minimum Gasteiger partial charge on any atom is -0.465 e. The van der Waals surface area contributed by atoms with Crippen LogP contribution in [0.1, 0.15) is 13.8 Å². The molecule has 27 heavy (non-hydrogen) atoms. The fraction of sp³-hybridized carbons (Fsp3) is 0.333. The van der Waals surface area contributed by atoms with Gasteiger partial charge in [-0.2, -0.15) is 0 Å². The van der Waals surface area contributed by atoms with E-state index in [0.29, 0.717) is 0 Å². The molecule has 2 rings (SSSR count). The van der Waals surface area contributed by atoms with Crippen molar-refractivity contribution in [2.75, 3.05) is 13.6 Å². The quantitative estimate of drug-likeness (QED) is 0.219. The number of nitrogens with zero attached hydrogens (tertiary/aromatic N) is 2. The first kappa shape index (κ1) is 20.7. The number of carbonyl (C=O) groups is 1. The highest BCUT2D eigenvalue weighted by Gasteiger charge is 2.23. The topological polar surface area (TPSA) is 147 Å². The lowest BCUT2D eigenvalue weighted by atomic mass is 10.1. The summed E-state index contributed by atoms with van der Waals surface area (Å²) in [6, 6.07) is 5.55. The first-order chi connectivity index (χ1) is 12.7. The maximum Gasteiger partial charge on any atom is 0.478 e. The van der Waals surface area contributed by atoms with E-state index in [1.165, 1.54) is 30.5 Å². The Labute approximate surface area is 153 Å². The van der Waals surface area contributed by atoms with Crippen LogP contribution in [0.15, 0.2) is 30.5 Å². The van der Waals surface area contributed by atoms with Crippen LogP contribution in [0.5, 0.6) is 5.75 Å². The van der Waals surface area contributed by atoms with E-state index in [1.807, 2.05) is 0 Å². The number of ether oxygens (including phenoxy) is 2. The van der Waals surface area contributed by atoms with E-state index in [1.54, 1.807) is 13.8 Å². The molecule has 0 saturated heterocycles. The molecule has 0 aliphatic rings. The second-order valence-corrected chi connectivity index (χ2v) is 6.92. The summed E-state index contributed by atoms with van der Waals surface area (Å²) in [5.74, 6) is -0.907. The van der Waals surface area contributed by atoms with Crippen molar-refractivity contribution in [1.29, 1.82) is 0 Å². The van der Waals surface area contributed by atoms with Crippen LogP contribution >= 0.6 is 7.82 Å². The number of rotatable bonds is 9. The molecule has 0 saturated carbocycles. The van der Waals surface area contributed by atoms with Crippen LogP contribution in [-0.2, 0) is 23.1 Å². The van der Waals surface area contributed by atoms with Crippen molar-refractivity contribution in [2.24, 2.45) is 5.92 Å². The van der Waals surface area contributed by atoms with Crippen LogP contribution in [-0.4, -0.2) is 34.4 Å². The zero-order valence-electron chi connectivity index (χ0n) is 14.4. The molecule has 146 valence electrons. The van der Waals surface area contributed by atoms with Gasteiger partial charge >= 0.3 is 13.8 Å². The largest absolute Gasteiger partial charge is 0.478 e. The zero-order valence-corrected chi connectivity index (χ0v) is 15.3. The highest BCUT2D eigenvalue weighted by Crippen LogP contribution is 2.43. The van der Waals surface area contributed by atoms with Crippen molar-refractivity contribution in [3.05, 3.63) is 40.6 Å². The third-order valence-electron chi connectivity index (χ3n) is 3.23. The number of nitro benzene ring substituents is 1. The van der Waals surface area contributed by atoms with Crippen LogP contribution in [0.2, 0.25) is 0 Å². The molecule has 2 aromatic rings. The van der Waals surface area contributed by atoms with Gasteiger partial charge in [-0.15, -0.1) is 0 Å². The van der Waals surface area contributed by atoms with Gasteiger partial charge in [0.05, 0.1) is 16.2 Å². The molecule has 0 aliphatic carbocycles. The van der Waals surface area contributed by atoms with Crippen LogP contribution < -0.4 is 4.74 Å². The van der Waals surface area contributed by atoms with Crippen LogP contribution in [0.3, 0.4) is 0 Å². The van der Waals surface area contributed by atoms with E-state index in [4.69, 9.17) is 4.74 Å². The number of nitro groups is 1. The van der Waals surface area contributed by atoms with Gasteiger partial charge in [-0.05, 0) is 18.2 Å². The van der Waals surface area contributed by atoms with Crippen molar-refractivity contribution >= 4 is 30.4 Å². The molecule has 1 heterocycles.